The molecule has 8 nitrogen and oxygen atoms in total. The fraction of sp³-hybridized carbons (Fsp3) is 0.346. The van der Waals surface area contributed by atoms with E-state index in [2.05, 4.69) is 15.5 Å². The van der Waals surface area contributed by atoms with E-state index in [-0.39, 0.29) is 23.1 Å². The predicted octanol–water partition coefficient (Wildman–Crippen LogP) is 3.88. The molecule has 1 aliphatic rings. The minimum atomic E-state index is -3.90. The van der Waals surface area contributed by atoms with Crippen LogP contribution in [-0.2, 0) is 21.4 Å². The van der Waals surface area contributed by atoms with Crippen molar-refractivity contribution in [2.45, 2.75) is 45.1 Å². The number of pyridine rings is 1. The van der Waals surface area contributed by atoms with Gasteiger partial charge in [0, 0.05) is 19.3 Å². The van der Waals surface area contributed by atoms with Gasteiger partial charge in [0.15, 0.2) is 10.7 Å². The SMILES string of the molecule is Cc1ccc(C)c(/C=C/c2onc(C)c2S(=O)(=O)N2CCC[C@H](C(=O)NCc3ccccn3)C2)c1. The Morgan fingerprint density at radius 1 is 1.20 bits per heavy atom. The lowest BCUT2D eigenvalue weighted by atomic mass is 9.99. The molecular weight excluding hydrogens is 464 g/mol. The molecule has 3 heterocycles. The highest BCUT2D eigenvalue weighted by atomic mass is 32.2. The van der Waals surface area contributed by atoms with Crippen molar-refractivity contribution >= 4 is 28.1 Å². The van der Waals surface area contributed by atoms with Crippen LogP contribution in [0.3, 0.4) is 0 Å². The average molecular weight is 495 g/mol. The van der Waals surface area contributed by atoms with Crippen molar-refractivity contribution in [2.75, 3.05) is 13.1 Å². The van der Waals surface area contributed by atoms with Gasteiger partial charge in [-0.15, -0.1) is 0 Å². The molecule has 0 saturated carbocycles. The molecule has 1 saturated heterocycles. The summed E-state index contributed by atoms with van der Waals surface area (Å²) < 4.78 is 34.0. The molecule has 0 aliphatic carbocycles. The highest BCUT2D eigenvalue weighted by molar-refractivity contribution is 7.89. The summed E-state index contributed by atoms with van der Waals surface area (Å²) in [5.74, 6) is -0.422. The van der Waals surface area contributed by atoms with Gasteiger partial charge in [0.2, 0.25) is 15.9 Å². The Kier molecular flexibility index (Phi) is 7.47. The molecule has 1 N–H and O–H groups in total. The molecule has 0 spiro atoms. The second-order valence-corrected chi connectivity index (χ2v) is 10.8. The third kappa shape index (κ3) is 5.68. The molecule has 4 rings (SSSR count). The largest absolute Gasteiger partial charge is 0.355 e. The van der Waals surface area contributed by atoms with Crippen molar-refractivity contribution in [3.63, 3.8) is 0 Å². The standard InChI is InChI=1S/C26H30N4O4S/c1-18-9-10-19(2)21(15-18)11-12-24-25(20(3)29-34-24)35(32,33)30-14-6-7-22(17-30)26(31)28-16-23-8-4-5-13-27-23/h4-5,8-13,15,22H,6-7,14,16-17H2,1-3H3,(H,28,31)/b12-11+/t22-/m0/s1. The van der Waals surface area contributed by atoms with Crippen LogP contribution in [-0.4, -0.2) is 41.9 Å². The van der Waals surface area contributed by atoms with Gasteiger partial charge in [-0.1, -0.05) is 41.1 Å². The summed E-state index contributed by atoms with van der Waals surface area (Å²) >= 11 is 0. The first kappa shape index (κ1) is 24.8. The second kappa shape index (κ2) is 10.5. The molecule has 1 aliphatic heterocycles. The molecule has 1 atom stereocenters. The van der Waals surface area contributed by atoms with Gasteiger partial charge in [0.1, 0.15) is 5.69 Å². The maximum absolute atomic E-state index is 13.6. The molecule has 0 bridgehead atoms. The number of aromatic nitrogens is 2. The van der Waals surface area contributed by atoms with Gasteiger partial charge in [-0.2, -0.15) is 4.31 Å². The summed E-state index contributed by atoms with van der Waals surface area (Å²) in [7, 11) is -3.90. The van der Waals surface area contributed by atoms with E-state index in [0.29, 0.717) is 31.6 Å². The Hall–Kier alpha value is -3.30. The highest BCUT2D eigenvalue weighted by Gasteiger charge is 2.36. The number of benzene rings is 1. The second-order valence-electron chi connectivity index (χ2n) is 8.90. The summed E-state index contributed by atoms with van der Waals surface area (Å²) in [5.41, 5.74) is 4.21. The van der Waals surface area contributed by atoms with Crippen LogP contribution in [0.2, 0.25) is 0 Å². The molecule has 3 aromatic rings. The van der Waals surface area contributed by atoms with Crippen LogP contribution >= 0.6 is 0 Å². The third-order valence-corrected chi connectivity index (χ3v) is 8.23. The van der Waals surface area contributed by atoms with Crippen LogP contribution in [0.5, 0.6) is 0 Å². The monoisotopic (exact) mass is 494 g/mol. The highest BCUT2D eigenvalue weighted by Crippen LogP contribution is 2.29. The van der Waals surface area contributed by atoms with Crippen LogP contribution in [0.1, 0.15) is 46.7 Å². The number of hydrogen-bond donors (Lipinski definition) is 1. The number of hydrogen-bond acceptors (Lipinski definition) is 6. The Labute approximate surface area is 206 Å². The number of amides is 1. The normalized spacial score (nSPS) is 17.1. The van der Waals surface area contributed by atoms with Gasteiger partial charge in [0.05, 0.1) is 18.2 Å². The average Bonchev–Trinajstić information content (AvgIpc) is 3.24. The molecule has 0 radical (unpaired) electrons. The smallest absolute Gasteiger partial charge is 0.248 e. The van der Waals surface area contributed by atoms with Crippen molar-refractivity contribution in [1.29, 1.82) is 0 Å². The molecule has 35 heavy (non-hydrogen) atoms. The predicted molar refractivity (Wildman–Crippen MR) is 134 cm³/mol. The van der Waals surface area contributed by atoms with Crippen molar-refractivity contribution in [1.82, 2.24) is 19.8 Å². The Balaban J connectivity index is 1.51. The molecular formula is C26H30N4O4S. The van der Waals surface area contributed by atoms with E-state index in [4.69, 9.17) is 4.52 Å². The quantitative estimate of drug-likeness (QED) is 0.534. The Morgan fingerprint density at radius 2 is 2.03 bits per heavy atom. The van der Waals surface area contributed by atoms with Gasteiger partial charge in [0.25, 0.3) is 0 Å². The maximum atomic E-state index is 13.6. The number of carbonyl (C=O) groups excluding carboxylic acids is 1. The van der Waals surface area contributed by atoms with E-state index >= 15 is 0 Å². The Morgan fingerprint density at radius 3 is 2.80 bits per heavy atom. The van der Waals surface area contributed by atoms with Crippen LogP contribution < -0.4 is 5.32 Å². The van der Waals surface area contributed by atoms with E-state index in [1.54, 1.807) is 19.2 Å². The van der Waals surface area contributed by atoms with Crippen LogP contribution in [0.15, 0.2) is 52.0 Å². The number of nitrogens with one attached hydrogen (secondary N) is 1. The van der Waals surface area contributed by atoms with E-state index < -0.39 is 15.9 Å². The molecule has 1 aromatic carbocycles. The number of carbonyl (C=O) groups is 1. The minimum absolute atomic E-state index is 0.0496. The molecule has 0 unspecified atom stereocenters. The number of sulfonamides is 1. The number of aryl methyl sites for hydroxylation is 3. The number of nitrogens with zero attached hydrogens (tertiary/aromatic N) is 3. The fourth-order valence-corrected chi connectivity index (χ4v) is 6.01. The molecule has 1 amide bonds. The molecule has 1 fully saturated rings. The van der Waals surface area contributed by atoms with Gasteiger partial charge in [-0.05, 0) is 62.9 Å². The first-order valence-corrected chi connectivity index (χ1v) is 13.1. The molecule has 184 valence electrons. The van der Waals surface area contributed by atoms with Crippen LogP contribution in [0.25, 0.3) is 12.2 Å². The van der Waals surface area contributed by atoms with Crippen molar-refractivity contribution in [3.05, 3.63) is 76.4 Å². The maximum Gasteiger partial charge on any atom is 0.248 e. The number of piperidine rings is 1. The zero-order valence-electron chi connectivity index (χ0n) is 20.2. The molecule has 2 aromatic heterocycles. The van der Waals surface area contributed by atoms with Crippen molar-refractivity contribution in [2.24, 2.45) is 5.92 Å². The van der Waals surface area contributed by atoms with Crippen LogP contribution in [0.4, 0.5) is 0 Å². The van der Waals surface area contributed by atoms with Crippen LogP contribution in [0, 0.1) is 26.7 Å². The van der Waals surface area contributed by atoms with E-state index in [1.807, 2.05) is 56.3 Å². The van der Waals surface area contributed by atoms with Gasteiger partial charge in [-0.3, -0.25) is 9.78 Å². The van der Waals surface area contributed by atoms with Crippen molar-refractivity contribution < 1.29 is 17.7 Å². The number of rotatable bonds is 7. The summed E-state index contributed by atoms with van der Waals surface area (Å²) in [6, 6.07) is 11.6. The lowest BCUT2D eigenvalue weighted by Crippen LogP contribution is -2.45. The fourth-order valence-electron chi connectivity index (χ4n) is 4.23. The minimum Gasteiger partial charge on any atom is -0.355 e. The lowest BCUT2D eigenvalue weighted by Gasteiger charge is -2.31. The summed E-state index contributed by atoms with van der Waals surface area (Å²) in [6.07, 6.45) is 6.38. The first-order valence-electron chi connectivity index (χ1n) is 11.6. The van der Waals surface area contributed by atoms with Gasteiger partial charge < -0.3 is 9.84 Å². The van der Waals surface area contributed by atoms with E-state index in [9.17, 15) is 13.2 Å². The van der Waals surface area contributed by atoms with E-state index in [1.165, 1.54) is 4.31 Å². The summed E-state index contributed by atoms with van der Waals surface area (Å²) in [6.45, 7) is 6.38. The van der Waals surface area contributed by atoms with Gasteiger partial charge in [-0.25, -0.2) is 8.42 Å². The zero-order chi connectivity index (χ0) is 25.0. The topological polar surface area (TPSA) is 105 Å². The summed E-state index contributed by atoms with van der Waals surface area (Å²) in [4.78, 5) is 17.0. The van der Waals surface area contributed by atoms with Crippen molar-refractivity contribution in [3.8, 4) is 0 Å². The third-order valence-electron chi connectivity index (χ3n) is 6.20. The Bertz CT molecular complexity index is 1330. The first-order chi connectivity index (χ1) is 16.8. The lowest BCUT2D eigenvalue weighted by molar-refractivity contribution is -0.126. The molecule has 9 heteroatoms. The summed E-state index contributed by atoms with van der Waals surface area (Å²) in [5, 5.41) is 6.81. The zero-order valence-corrected chi connectivity index (χ0v) is 21.0. The van der Waals surface area contributed by atoms with Gasteiger partial charge >= 0.3 is 0 Å². The van der Waals surface area contributed by atoms with E-state index in [0.717, 1.165) is 22.4 Å².